The van der Waals surface area contributed by atoms with Gasteiger partial charge in [-0.05, 0) is 19.9 Å². The Balaban J connectivity index is 2.06. The number of amides is 2. The van der Waals surface area contributed by atoms with Gasteiger partial charge in [0.1, 0.15) is 6.10 Å². The molecule has 2 aliphatic rings. The molecule has 35 heavy (non-hydrogen) atoms. The van der Waals surface area contributed by atoms with Crippen molar-refractivity contribution in [2.75, 3.05) is 6.61 Å². The van der Waals surface area contributed by atoms with E-state index in [9.17, 15) is 36.4 Å². The monoisotopic (exact) mass is 504 g/mol. The summed E-state index contributed by atoms with van der Waals surface area (Å²) >= 11 is 0. The van der Waals surface area contributed by atoms with Gasteiger partial charge >= 0.3 is 12.2 Å². The van der Waals surface area contributed by atoms with Gasteiger partial charge in [-0.25, -0.2) is 4.39 Å². The number of hydrogen-bond acceptors (Lipinski definition) is 5. The lowest BCUT2D eigenvalue weighted by molar-refractivity contribution is -0.495. The Morgan fingerprint density at radius 1 is 1.29 bits per heavy atom. The summed E-state index contributed by atoms with van der Waals surface area (Å²) in [5.41, 5.74) is 2.05. The molecule has 3 rings (SSSR count). The third-order valence-electron chi connectivity index (χ3n) is 6.23. The van der Waals surface area contributed by atoms with Crippen LogP contribution in [-0.2, 0) is 14.3 Å². The van der Waals surface area contributed by atoms with Crippen LogP contribution in [0.4, 0.5) is 22.0 Å². The minimum atomic E-state index is -4.92. The highest BCUT2D eigenvalue weighted by Crippen LogP contribution is 2.54. The van der Waals surface area contributed by atoms with E-state index < -0.39 is 65.0 Å². The molecule has 13 heteroatoms. The highest BCUT2D eigenvalue weighted by molar-refractivity contribution is 5.86. The third-order valence-corrected chi connectivity index (χ3v) is 6.23. The number of alkyl halides is 3. The van der Waals surface area contributed by atoms with Crippen LogP contribution in [0, 0.1) is 22.5 Å². The van der Waals surface area contributed by atoms with Crippen LogP contribution >= 0.6 is 0 Å². The van der Waals surface area contributed by atoms with Crippen molar-refractivity contribution < 1.29 is 45.8 Å². The van der Waals surface area contributed by atoms with E-state index in [0.29, 0.717) is 0 Å². The van der Waals surface area contributed by atoms with Gasteiger partial charge in [0.05, 0.1) is 12.3 Å². The van der Waals surface area contributed by atoms with Gasteiger partial charge in [0.25, 0.3) is 11.8 Å². The number of nitrogens with zero attached hydrogens (tertiary/aromatic N) is 1. The summed E-state index contributed by atoms with van der Waals surface area (Å²) in [4.78, 5) is 36.3. The number of primary amides is 1. The fourth-order valence-corrected chi connectivity index (χ4v) is 4.17. The number of carbonyl (C=O) groups excluding carboxylic acids is 2. The molecule has 3 N–H and O–H groups in total. The molecule has 0 radical (unpaired) electrons. The summed E-state index contributed by atoms with van der Waals surface area (Å²) in [6.45, 7) is 3.29. The Bertz CT molecular complexity index is 1120. The summed E-state index contributed by atoms with van der Waals surface area (Å²) in [6.07, 6.45) is -3.71. The Morgan fingerprint density at radius 2 is 1.94 bits per heavy atom. The van der Waals surface area contributed by atoms with E-state index in [1.54, 1.807) is 0 Å². The number of nitroso groups, excluding NO2 is 1. The molecule has 2 aliphatic heterocycles. The smallest absolute Gasteiger partial charge is 0.417 e. The number of ether oxygens (including phenoxy) is 2. The van der Waals surface area contributed by atoms with Crippen LogP contribution in [0.5, 0.6) is 5.75 Å². The minimum absolute atomic E-state index is 0.0863. The Labute approximate surface area is 196 Å². The van der Waals surface area contributed by atoms with Crippen molar-refractivity contribution >= 4 is 11.8 Å². The fraction of sp³-hybridized carbons (Fsp3) is 0.455. The van der Waals surface area contributed by atoms with E-state index in [-0.39, 0.29) is 22.6 Å². The fourth-order valence-electron chi connectivity index (χ4n) is 4.17. The van der Waals surface area contributed by atoms with Crippen molar-refractivity contribution in [1.29, 1.82) is 0 Å². The molecular formula is C22H23F5N3O5+. The van der Waals surface area contributed by atoms with Gasteiger partial charge in [-0.1, -0.05) is 13.0 Å². The van der Waals surface area contributed by atoms with E-state index in [1.165, 1.54) is 13.8 Å². The first-order valence-corrected chi connectivity index (χ1v) is 10.5. The molecule has 2 amide bonds. The zero-order valence-corrected chi connectivity index (χ0v) is 18.9. The van der Waals surface area contributed by atoms with Gasteiger partial charge in [-0.15, -0.1) is 0 Å². The van der Waals surface area contributed by atoms with Crippen molar-refractivity contribution in [3.63, 3.8) is 0 Å². The Kier molecular flexibility index (Phi) is 7.02. The molecule has 1 saturated heterocycles. The molecule has 5 atom stereocenters. The first-order valence-electron chi connectivity index (χ1n) is 10.5. The quantitative estimate of drug-likeness (QED) is 0.457. The second-order valence-corrected chi connectivity index (χ2v) is 8.30. The SMILES string of the molecule is CCOc1c([C@@H]2C(C(=O)NC3=C[C@H](C(N)=O)[N+](=O)C=C3)O[C@@](C)(C(F)(F)F)[C@H]2C)ccc(F)c1F. The predicted molar refractivity (Wildman–Crippen MR) is 111 cm³/mol. The molecule has 1 unspecified atom stereocenters. The number of nitrogens with two attached hydrogens (primary N) is 1. The number of carbonyl (C=O) groups is 2. The van der Waals surface area contributed by atoms with E-state index in [1.807, 2.05) is 0 Å². The van der Waals surface area contributed by atoms with Crippen LogP contribution in [0.2, 0.25) is 0 Å². The van der Waals surface area contributed by atoms with Crippen LogP contribution in [0.25, 0.3) is 0 Å². The molecule has 1 aromatic rings. The maximum absolute atomic E-state index is 14.6. The number of nitrogens with one attached hydrogen (secondary N) is 1. The largest absolute Gasteiger partial charge is 0.490 e. The number of allylic oxidation sites excluding steroid dienone is 1. The molecule has 1 fully saturated rings. The van der Waals surface area contributed by atoms with Crippen LogP contribution in [0.15, 0.2) is 36.2 Å². The van der Waals surface area contributed by atoms with E-state index in [0.717, 1.165) is 37.4 Å². The normalized spacial score (nSPS) is 28.6. The number of hydrogen-bond donors (Lipinski definition) is 2. The average Bonchev–Trinajstić information content (AvgIpc) is 3.05. The molecule has 0 spiro atoms. The lowest BCUT2D eigenvalue weighted by atomic mass is 9.77. The summed E-state index contributed by atoms with van der Waals surface area (Å²) in [6, 6.07) is 0.324. The van der Waals surface area contributed by atoms with Crippen molar-refractivity contribution in [3.05, 3.63) is 58.3 Å². The van der Waals surface area contributed by atoms with Gasteiger partial charge in [0.2, 0.25) is 12.0 Å². The molecular weight excluding hydrogens is 481 g/mol. The summed E-state index contributed by atoms with van der Waals surface area (Å²) in [5, 5.41) is 2.31. The van der Waals surface area contributed by atoms with Crippen molar-refractivity contribution in [2.24, 2.45) is 11.7 Å². The van der Waals surface area contributed by atoms with Gasteiger partial charge in [0, 0.05) is 39.2 Å². The predicted octanol–water partition coefficient (Wildman–Crippen LogP) is 2.96. The first kappa shape index (κ1) is 26.3. The van der Waals surface area contributed by atoms with Crippen LogP contribution in [0.3, 0.4) is 0 Å². The lowest BCUT2D eigenvalue weighted by Gasteiger charge is -2.32. The maximum atomic E-state index is 14.6. The molecule has 0 saturated carbocycles. The van der Waals surface area contributed by atoms with Crippen LogP contribution in [-0.4, -0.2) is 47.1 Å². The molecule has 2 heterocycles. The zero-order chi connectivity index (χ0) is 26.3. The van der Waals surface area contributed by atoms with Crippen LogP contribution in [0.1, 0.15) is 32.3 Å². The minimum Gasteiger partial charge on any atom is -0.490 e. The second kappa shape index (κ2) is 9.36. The Hall–Kier alpha value is -3.35. The lowest BCUT2D eigenvalue weighted by Crippen LogP contribution is -2.47. The van der Waals surface area contributed by atoms with E-state index in [4.69, 9.17) is 15.2 Å². The highest BCUT2D eigenvalue weighted by Gasteiger charge is 2.66. The summed E-state index contributed by atoms with van der Waals surface area (Å²) in [7, 11) is 0. The van der Waals surface area contributed by atoms with Crippen LogP contribution < -0.4 is 15.8 Å². The highest BCUT2D eigenvalue weighted by atomic mass is 19.4. The topological polar surface area (TPSA) is 111 Å². The standard InChI is InChI=1S/C22H22F5N3O5/c1-4-34-17-12(5-6-13(23)16(17)24)15-10(2)21(3,22(25,26)27)35-18(15)20(32)29-11-7-8-30(33)14(9-11)19(28)31/h5-10,14-15,18H,4H2,1-3H3,(H2-,28,29,31,32)/p+1/t10-,14+,15+,18?,21+/m0/s1. The Morgan fingerprint density at radius 3 is 2.51 bits per heavy atom. The van der Waals surface area contributed by atoms with Gasteiger partial charge in [0.15, 0.2) is 17.2 Å². The third kappa shape index (κ3) is 4.64. The number of benzene rings is 1. The first-order chi connectivity index (χ1) is 16.2. The van der Waals surface area contributed by atoms with E-state index >= 15 is 0 Å². The molecule has 1 aromatic carbocycles. The average molecular weight is 504 g/mol. The van der Waals surface area contributed by atoms with Gasteiger partial charge in [-0.2, -0.15) is 17.6 Å². The number of halogens is 5. The van der Waals surface area contributed by atoms with E-state index in [2.05, 4.69) is 5.32 Å². The number of rotatable bonds is 6. The molecule has 190 valence electrons. The summed E-state index contributed by atoms with van der Waals surface area (Å²) in [5.74, 6) is -8.24. The van der Waals surface area contributed by atoms with Gasteiger partial charge < -0.3 is 20.5 Å². The molecule has 0 aliphatic carbocycles. The van der Waals surface area contributed by atoms with Gasteiger partial charge in [-0.3, -0.25) is 9.59 Å². The maximum Gasteiger partial charge on any atom is 0.417 e. The molecule has 0 aromatic heterocycles. The summed E-state index contributed by atoms with van der Waals surface area (Å²) < 4.78 is 81.2. The second-order valence-electron chi connectivity index (χ2n) is 8.30. The van der Waals surface area contributed by atoms with Crippen molar-refractivity contribution in [1.82, 2.24) is 5.32 Å². The zero-order valence-electron chi connectivity index (χ0n) is 18.9. The molecule has 0 bridgehead atoms. The molecule has 8 nitrogen and oxygen atoms in total. The van der Waals surface area contributed by atoms with Crippen molar-refractivity contribution in [3.8, 4) is 5.75 Å². The van der Waals surface area contributed by atoms with Crippen molar-refractivity contribution in [2.45, 2.75) is 50.6 Å².